The Hall–Kier alpha value is -2.60. The zero-order chi connectivity index (χ0) is 18.0. The normalized spacial score (nSPS) is 12.1. The van der Waals surface area contributed by atoms with Crippen molar-refractivity contribution in [3.63, 3.8) is 0 Å². The standard InChI is InChI=1S/C19H19N3O2S/c1-21(2)18(24)16(13-9-5-4-6-10-13)25-19-20-15-12-8-7-11-14(15)17(23)22(19)3/h4-12,16H,1-3H3/t16-/m0/s1. The molecule has 0 fully saturated rings. The second kappa shape index (κ2) is 7.11. The highest BCUT2D eigenvalue weighted by Crippen LogP contribution is 2.35. The van der Waals surface area contributed by atoms with E-state index in [1.54, 1.807) is 32.1 Å². The average molecular weight is 353 g/mol. The van der Waals surface area contributed by atoms with Gasteiger partial charge in [-0.1, -0.05) is 54.2 Å². The summed E-state index contributed by atoms with van der Waals surface area (Å²) in [6.45, 7) is 0. The van der Waals surface area contributed by atoms with E-state index in [0.717, 1.165) is 5.56 Å². The third-order valence-electron chi connectivity index (χ3n) is 3.93. The summed E-state index contributed by atoms with van der Waals surface area (Å²) in [5.41, 5.74) is 1.41. The van der Waals surface area contributed by atoms with E-state index in [-0.39, 0.29) is 11.5 Å². The van der Waals surface area contributed by atoms with Gasteiger partial charge in [-0.05, 0) is 17.7 Å². The largest absolute Gasteiger partial charge is 0.348 e. The van der Waals surface area contributed by atoms with Crippen LogP contribution in [0.4, 0.5) is 0 Å². The third-order valence-corrected chi connectivity index (χ3v) is 5.22. The zero-order valence-electron chi connectivity index (χ0n) is 14.3. The number of amides is 1. The number of aromatic nitrogens is 2. The van der Waals surface area contributed by atoms with Gasteiger partial charge in [0, 0.05) is 21.1 Å². The molecule has 0 saturated carbocycles. The molecule has 0 aliphatic heterocycles. The Morgan fingerprint density at radius 3 is 2.40 bits per heavy atom. The van der Waals surface area contributed by atoms with E-state index < -0.39 is 5.25 Å². The number of para-hydroxylation sites is 1. The maximum Gasteiger partial charge on any atom is 0.261 e. The molecule has 0 N–H and O–H groups in total. The van der Waals surface area contributed by atoms with Crippen LogP contribution in [0.25, 0.3) is 10.9 Å². The Morgan fingerprint density at radius 2 is 1.72 bits per heavy atom. The van der Waals surface area contributed by atoms with Gasteiger partial charge in [0.25, 0.3) is 5.56 Å². The van der Waals surface area contributed by atoms with Crippen LogP contribution in [0.1, 0.15) is 10.8 Å². The number of carbonyl (C=O) groups is 1. The number of fused-ring (bicyclic) bond motifs is 1. The lowest BCUT2D eigenvalue weighted by molar-refractivity contribution is -0.128. The molecule has 1 atom stereocenters. The molecule has 1 amide bonds. The summed E-state index contributed by atoms with van der Waals surface area (Å²) in [6.07, 6.45) is 0. The maximum atomic E-state index is 12.7. The van der Waals surface area contributed by atoms with Gasteiger partial charge in [-0.2, -0.15) is 0 Å². The van der Waals surface area contributed by atoms with Crippen LogP contribution in [0.5, 0.6) is 0 Å². The van der Waals surface area contributed by atoms with Crippen LogP contribution in [0.15, 0.2) is 64.5 Å². The van der Waals surface area contributed by atoms with Gasteiger partial charge in [-0.25, -0.2) is 4.98 Å². The predicted octanol–water partition coefficient (Wildman–Crippen LogP) is 2.86. The minimum Gasteiger partial charge on any atom is -0.348 e. The molecule has 6 heteroatoms. The van der Waals surface area contributed by atoms with Crippen molar-refractivity contribution < 1.29 is 4.79 Å². The molecule has 2 aromatic carbocycles. The summed E-state index contributed by atoms with van der Waals surface area (Å²) >= 11 is 1.29. The molecule has 0 unspecified atom stereocenters. The molecule has 0 aliphatic rings. The van der Waals surface area contributed by atoms with Crippen molar-refractivity contribution in [2.45, 2.75) is 10.4 Å². The third kappa shape index (κ3) is 3.44. The molecule has 5 nitrogen and oxygen atoms in total. The van der Waals surface area contributed by atoms with Gasteiger partial charge in [0.15, 0.2) is 5.16 Å². The Kier molecular flexibility index (Phi) is 4.90. The first-order valence-corrected chi connectivity index (χ1v) is 8.75. The minimum absolute atomic E-state index is 0.0430. The van der Waals surface area contributed by atoms with Crippen LogP contribution in [-0.2, 0) is 11.8 Å². The first-order valence-electron chi connectivity index (χ1n) is 7.87. The highest BCUT2D eigenvalue weighted by molar-refractivity contribution is 8.00. The fourth-order valence-electron chi connectivity index (χ4n) is 2.53. The van der Waals surface area contributed by atoms with Gasteiger partial charge in [-0.3, -0.25) is 14.2 Å². The van der Waals surface area contributed by atoms with Crippen LogP contribution in [-0.4, -0.2) is 34.5 Å². The van der Waals surface area contributed by atoms with E-state index in [4.69, 9.17) is 0 Å². The number of thioether (sulfide) groups is 1. The van der Waals surface area contributed by atoms with E-state index in [0.29, 0.717) is 16.1 Å². The second-order valence-corrected chi connectivity index (χ2v) is 6.99. The average Bonchev–Trinajstić information content (AvgIpc) is 2.63. The highest BCUT2D eigenvalue weighted by atomic mass is 32.2. The van der Waals surface area contributed by atoms with E-state index in [9.17, 15) is 9.59 Å². The van der Waals surface area contributed by atoms with Crippen LogP contribution in [0.3, 0.4) is 0 Å². The molecule has 128 valence electrons. The van der Waals surface area contributed by atoms with Crippen molar-refractivity contribution >= 4 is 28.6 Å². The molecular weight excluding hydrogens is 334 g/mol. The fraction of sp³-hybridized carbons (Fsp3) is 0.211. The van der Waals surface area contributed by atoms with E-state index in [1.807, 2.05) is 48.5 Å². The van der Waals surface area contributed by atoms with Crippen LogP contribution in [0, 0.1) is 0 Å². The minimum atomic E-state index is -0.463. The molecule has 25 heavy (non-hydrogen) atoms. The number of benzene rings is 2. The second-order valence-electron chi connectivity index (χ2n) is 5.92. The number of carbonyl (C=O) groups excluding carboxylic acids is 1. The zero-order valence-corrected chi connectivity index (χ0v) is 15.2. The summed E-state index contributed by atoms with van der Waals surface area (Å²) in [5, 5.41) is 0.632. The number of hydrogen-bond donors (Lipinski definition) is 0. The van der Waals surface area contributed by atoms with Crippen LogP contribution >= 0.6 is 11.8 Å². The summed E-state index contributed by atoms with van der Waals surface area (Å²) in [5.74, 6) is -0.0430. The first-order chi connectivity index (χ1) is 12.0. The molecule has 0 bridgehead atoms. The summed E-state index contributed by atoms with van der Waals surface area (Å²) in [7, 11) is 5.14. The molecule has 1 aromatic heterocycles. The quantitative estimate of drug-likeness (QED) is 0.535. The van der Waals surface area contributed by atoms with Gasteiger partial charge in [-0.15, -0.1) is 0 Å². The van der Waals surface area contributed by atoms with Gasteiger partial charge in [0.1, 0.15) is 5.25 Å². The maximum absolute atomic E-state index is 12.7. The molecular formula is C19H19N3O2S. The van der Waals surface area contributed by atoms with E-state index in [1.165, 1.54) is 16.3 Å². The lowest BCUT2D eigenvalue weighted by Crippen LogP contribution is -2.28. The monoisotopic (exact) mass is 353 g/mol. The van der Waals surface area contributed by atoms with E-state index in [2.05, 4.69) is 4.98 Å². The van der Waals surface area contributed by atoms with Gasteiger partial charge in [0.05, 0.1) is 10.9 Å². The Bertz CT molecular complexity index is 967. The summed E-state index contributed by atoms with van der Waals surface area (Å²) < 4.78 is 1.51. The number of likely N-dealkylation sites (N-methyl/N-ethyl adjacent to an activating group) is 1. The van der Waals surface area contributed by atoms with Crippen molar-refractivity contribution in [2.24, 2.45) is 7.05 Å². The lowest BCUT2D eigenvalue weighted by atomic mass is 10.1. The van der Waals surface area contributed by atoms with Crippen molar-refractivity contribution in [3.8, 4) is 0 Å². The highest BCUT2D eigenvalue weighted by Gasteiger charge is 2.25. The van der Waals surface area contributed by atoms with Crippen LogP contribution < -0.4 is 5.56 Å². The first kappa shape index (κ1) is 17.2. The van der Waals surface area contributed by atoms with Crippen molar-refractivity contribution in [3.05, 3.63) is 70.5 Å². The Morgan fingerprint density at radius 1 is 1.08 bits per heavy atom. The van der Waals surface area contributed by atoms with Crippen molar-refractivity contribution in [2.75, 3.05) is 14.1 Å². The predicted molar refractivity (Wildman–Crippen MR) is 101 cm³/mol. The molecule has 3 aromatic rings. The Balaban J connectivity index is 2.08. The molecule has 1 heterocycles. The Labute approximate surface area is 150 Å². The molecule has 0 spiro atoms. The number of rotatable bonds is 4. The van der Waals surface area contributed by atoms with Gasteiger partial charge in [0.2, 0.25) is 5.91 Å². The topological polar surface area (TPSA) is 55.2 Å². The molecule has 0 aliphatic carbocycles. The number of hydrogen-bond acceptors (Lipinski definition) is 4. The molecule has 3 rings (SSSR count). The molecule has 0 radical (unpaired) electrons. The van der Waals surface area contributed by atoms with E-state index >= 15 is 0 Å². The lowest BCUT2D eigenvalue weighted by Gasteiger charge is -2.21. The van der Waals surface area contributed by atoms with Crippen molar-refractivity contribution in [1.29, 1.82) is 0 Å². The van der Waals surface area contributed by atoms with Crippen LogP contribution in [0.2, 0.25) is 0 Å². The molecule has 0 saturated heterocycles. The van der Waals surface area contributed by atoms with Gasteiger partial charge < -0.3 is 4.90 Å². The summed E-state index contributed by atoms with van der Waals surface area (Å²) in [6, 6.07) is 16.8. The van der Waals surface area contributed by atoms with Crippen molar-refractivity contribution in [1.82, 2.24) is 14.5 Å². The fourth-order valence-corrected chi connectivity index (χ4v) is 3.74. The van der Waals surface area contributed by atoms with Gasteiger partial charge >= 0.3 is 0 Å². The smallest absolute Gasteiger partial charge is 0.261 e. The summed E-state index contributed by atoms with van der Waals surface area (Å²) in [4.78, 5) is 31.4. The SMILES string of the molecule is CN(C)C(=O)[C@@H](Sc1nc2ccccc2c(=O)n1C)c1ccccc1. The number of nitrogens with zero attached hydrogens (tertiary/aromatic N) is 3.